The van der Waals surface area contributed by atoms with Crippen LogP contribution in [0.4, 0.5) is 11.4 Å². The van der Waals surface area contributed by atoms with E-state index in [1.165, 1.54) is 12.1 Å². The molecule has 1 heterocycles. The minimum Gasteiger partial charge on any atom is -0.293 e. The van der Waals surface area contributed by atoms with E-state index in [-0.39, 0.29) is 11.3 Å². The summed E-state index contributed by atoms with van der Waals surface area (Å²) < 4.78 is 24.5. The number of para-hydroxylation sites is 1. The van der Waals surface area contributed by atoms with Crippen LogP contribution in [0.5, 0.6) is 0 Å². The zero-order valence-electron chi connectivity index (χ0n) is 7.84. The summed E-state index contributed by atoms with van der Waals surface area (Å²) in [5, 5.41) is 10.7. The predicted molar refractivity (Wildman–Crippen MR) is 54.8 cm³/mol. The lowest BCUT2D eigenvalue weighted by atomic mass is 10.1. The Bertz CT molecular complexity index is 578. The summed E-state index contributed by atoms with van der Waals surface area (Å²) in [6.45, 7) is 0. The summed E-state index contributed by atoms with van der Waals surface area (Å²) in [6, 6.07) is 3.83. The molecule has 0 bridgehead atoms. The molecule has 0 aliphatic carbocycles. The Labute approximate surface area is 90.3 Å². The van der Waals surface area contributed by atoms with Crippen LogP contribution in [0.3, 0.4) is 0 Å². The number of carbonyl (C=O) groups is 1. The average Bonchev–Trinajstić information content (AvgIpc) is 2.14. The van der Waals surface area contributed by atoms with Gasteiger partial charge in [-0.15, -0.1) is 0 Å². The van der Waals surface area contributed by atoms with Gasteiger partial charge >= 0.3 is 0 Å². The van der Waals surface area contributed by atoms with Crippen molar-refractivity contribution in [3.8, 4) is 0 Å². The smallest absolute Gasteiger partial charge is 0.293 e. The third-order valence-corrected chi connectivity index (χ3v) is 3.28. The van der Waals surface area contributed by atoms with Gasteiger partial charge in [0.1, 0.15) is 11.4 Å². The van der Waals surface area contributed by atoms with Crippen molar-refractivity contribution in [2.24, 2.45) is 0 Å². The minimum absolute atomic E-state index is 0.0315. The molecule has 1 aromatic carbocycles. The van der Waals surface area contributed by atoms with E-state index in [2.05, 4.69) is 0 Å². The van der Waals surface area contributed by atoms with Gasteiger partial charge in [-0.2, -0.15) is 0 Å². The summed E-state index contributed by atoms with van der Waals surface area (Å²) in [6.07, 6.45) is 0. The van der Waals surface area contributed by atoms with Crippen molar-refractivity contribution in [3.05, 3.63) is 33.9 Å². The SMILES string of the molecule is O=C1CS(=O)(=O)Nc2c1cccc2[N+](=O)[O-]. The van der Waals surface area contributed by atoms with Crippen LogP contribution in [0.2, 0.25) is 0 Å². The molecule has 0 fully saturated rings. The summed E-state index contributed by atoms with van der Waals surface area (Å²) in [7, 11) is -3.81. The fourth-order valence-electron chi connectivity index (χ4n) is 1.47. The fraction of sp³-hybridized carbons (Fsp3) is 0.125. The second-order valence-electron chi connectivity index (χ2n) is 3.24. The Morgan fingerprint density at radius 1 is 1.38 bits per heavy atom. The summed E-state index contributed by atoms with van der Waals surface area (Å²) >= 11 is 0. The van der Waals surface area contributed by atoms with Gasteiger partial charge in [0.15, 0.2) is 5.78 Å². The Morgan fingerprint density at radius 2 is 2.06 bits per heavy atom. The van der Waals surface area contributed by atoms with Crippen LogP contribution in [0.25, 0.3) is 0 Å². The Hall–Kier alpha value is -1.96. The molecule has 0 atom stereocenters. The largest absolute Gasteiger partial charge is 0.294 e. The number of fused-ring (bicyclic) bond motifs is 1. The first-order chi connectivity index (χ1) is 7.41. The molecule has 0 aromatic heterocycles. The van der Waals surface area contributed by atoms with E-state index >= 15 is 0 Å². The summed E-state index contributed by atoms with van der Waals surface area (Å²) in [5.74, 6) is -1.32. The van der Waals surface area contributed by atoms with E-state index in [1.807, 2.05) is 4.72 Å². The molecule has 1 N–H and O–H groups in total. The maximum absolute atomic E-state index is 11.4. The lowest BCUT2D eigenvalue weighted by Gasteiger charge is -2.16. The van der Waals surface area contributed by atoms with E-state index in [0.717, 1.165) is 6.07 Å². The average molecular weight is 242 g/mol. The quantitative estimate of drug-likeness (QED) is 0.571. The number of ketones is 1. The number of rotatable bonds is 1. The van der Waals surface area contributed by atoms with Crippen molar-refractivity contribution in [1.82, 2.24) is 0 Å². The number of benzene rings is 1. The predicted octanol–water partition coefficient (Wildman–Crippen LogP) is 0.533. The van der Waals surface area contributed by atoms with Crippen LogP contribution in [-0.4, -0.2) is 24.9 Å². The Morgan fingerprint density at radius 3 is 2.69 bits per heavy atom. The number of nitrogens with zero attached hydrogens (tertiary/aromatic N) is 1. The second kappa shape index (κ2) is 3.27. The highest BCUT2D eigenvalue weighted by molar-refractivity contribution is 7.93. The van der Waals surface area contributed by atoms with Crippen molar-refractivity contribution >= 4 is 27.2 Å². The van der Waals surface area contributed by atoms with Gasteiger partial charge in [-0.3, -0.25) is 19.6 Å². The zero-order chi connectivity index (χ0) is 11.9. The van der Waals surface area contributed by atoms with Crippen LogP contribution in [-0.2, 0) is 10.0 Å². The number of sulfonamides is 1. The molecule has 0 saturated carbocycles. The highest BCUT2D eigenvalue weighted by Gasteiger charge is 2.32. The van der Waals surface area contributed by atoms with Crippen LogP contribution in [0, 0.1) is 10.1 Å². The highest BCUT2D eigenvalue weighted by atomic mass is 32.2. The van der Waals surface area contributed by atoms with Gasteiger partial charge in [0, 0.05) is 11.6 Å². The Balaban J connectivity index is 2.71. The molecule has 1 aromatic rings. The maximum Gasteiger partial charge on any atom is 0.294 e. The fourth-order valence-corrected chi connectivity index (χ4v) is 2.57. The molecule has 2 rings (SSSR count). The molecule has 84 valence electrons. The standard InChI is InChI=1S/C8H6N2O5S/c11-7-4-16(14,15)9-8-5(7)2-1-3-6(8)10(12)13/h1-3,9H,4H2. The van der Waals surface area contributed by atoms with E-state index in [9.17, 15) is 23.3 Å². The molecule has 7 nitrogen and oxygen atoms in total. The number of carbonyl (C=O) groups excluding carboxylic acids is 1. The number of anilines is 1. The van der Waals surface area contributed by atoms with Crippen LogP contribution >= 0.6 is 0 Å². The topological polar surface area (TPSA) is 106 Å². The van der Waals surface area contributed by atoms with E-state index in [4.69, 9.17) is 0 Å². The molecule has 8 heteroatoms. The monoisotopic (exact) mass is 242 g/mol. The number of nitro benzene ring substituents is 1. The van der Waals surface area contributed by atoms with Crippen molar-refractivity contribution in [2.75, 3.05) is 10.5 Å². The lowest BCUT2D eigenvalue weighted by molar-refractivity contribution is -0.383. The number of Topliss-reactive ketones (excluding diaryl/α,β-unsaturated/α-hetero) is 1. The molecule has 0 unspecified atom stereocenters. The van der Waals surface area contributed by atoms with Gasteiger partial charge in [0.25, 0.3) is 5.69 Å². The molecule has 1 aliphatic rings. The van der Waals surface area contributed by atoms with Crippen molar-refractivity contribution in [3.63, 3.8) is 0 Å². The number of nitro groups is 1. The molecule has 1 aliphatic heterocycles. The molecule has 16 heavy (non-hydrogen) atoms. The first kappa shape index (κ1) is 10.6. The van der Waals surface area contributed by atoms with Crippen molar-refractivity contribution in [1.29, 1.82) is 0 Å². The molecule has 0 amide bonds. The molecule has 0 saturated heterocycles. The number of nitrogens with one attached hydrogen (secondary N) is 1. The first-order valence-electron chi connectivity index (χ1n) is 4.22. The number of hydrogen-bond acceptors (Lipinski definition) is 5. The number of hydrogen-bond donors (Lipinski definition) is 1. The van der Waals surface area contributed by atoms with E-state index in [0.29, 0.717) is 0 Å². The highest BCUT2D eigenvalue weighted by Crippen LogP contribution is 2.32. The van der Waals surface area contributed by atoms with Gasteiger partial charge in [0.05, 0.1) is 4.92 Å². The normalized spacial score (nSPS) is 17.4. The third-order valence-electron chi connectivity index (χ3n) is 2.12. The molecular weight excluding hydrogens is 236 g/mol. The minimum atomic E-state index is -3.81. The first-order valence-corrected chi connectivity index (χ1v) is 5.87. The van der Waals surface area contributed by atoms with Gasteiger partial charge in [0.2, 0.25) is 10.0 Å². The van der Waals surface area contributed by atoms with E-state index in [1.54, 1.807) is 0 Å². The molecular formula is C8H6N2O5S. The lowest BCUT2D eigenvalue weighted by Crippen LogP contribution is -2.29. The summed E-state index contributed by atoms with van der Waals surface area (Å²) in [5.41, 5.74) is -0.637. The molecule has 0 spiro atoms. The van der Waals surface area contributed by atoms with Crippen molar-refractivity contribution in [2.45, 2.75) is 0 Å². The van der Waals surface area contributed by atoms with Gasteiger partial charge < -0.3 is 0 Å². The maximum atomic E-state index is 11.4. The van der Waals surface area contributed by atoms with Gasteiger partial charge in [-0.1, -0.05) is 6.07 Å². The van der Waals surface area contributed by atoms with Crippen molar-refractivity contribution < 1.29 is 18.1 Å². The molecule has 0 radical (unpaired) electrons. The zero-order valence-corrected chi connectivity index (χ0v) is 8.65. The third kappa shape index (κ3) is 1.63. The summed E-state index contributed by atoms with van der Waals surface area (Å²) in [4.78, 5) is 21.3. The Kier molecular flexibility index (Phi) is 2.16. The van der Waals surface area contributed by atoms with Crippen LogP contribution < -0.4 is 4.72 Å². The second-order valence-corrected chi connectivity index (χ2v) is 4.96. The van der Waals surface area contributed by atoms with Crippen LogP contribution in [0.1, 0.15) is 10.4 Å². The van der Waals surface area contributed by atoms with E-state index < -0.39 is 32.2 Å². The van der Waals surface area contributed by atoms with Gasteiger partial charge in [-0.25, -0.2) is 8.42 Å². The van der Waals surface area contributed by atoms with Crippen LogP contribution in [0.15, 0.2) is 18.2 Å². The van der Waals surface area contributed by atoms with Gasteiger partial charge in [-0.05, 0) is 6.07 Å².